The van der Waals surface area contributed by atoms with E-state index in [4.69, 9.17) is 0 Å². The molecular weight excluding hydrogens is 200 g/mol. The van der Waals surface area contributed by atoms with Gasteiger partial charge in [0.05, 0.1) is 0 Å². The summed E-state index contributed by atoms with van der Waals surface area (Å²) in [6.45, 7) is 7.03. The largest absolute Gasteiger partial charge is 0.288 e. The lowest BCUT2D eigenvalue weighted by molar-refractivity contribution is 0.103. The van der Waals surface area contributed by atoms with Crippen LogP contribution >= 0.6 is 0 Å². The van der Waals surface area contributed by atoms with Gasteiger partial charge in [-0.15, -0.1) is 0 Å². The minimum absolute atomic E-state index is 0.0738. The molecule has 1 heterocycles. The van der Waals surface area contributed by atoms with Gasteiger partial charge in [0.2, 0.25) is 5.78 Å². The molecule has 0 fully saturated rings. The van der Waals surface area contributed by atoms with Crippen LogP contribution in [0.5, 0.6) is 0 Å². The van der Waals surface area contributed by atoms with Crippen molar-refractivity contribution in [2.24, 2.45) is 0 Å². The number of hydrogen-bond donors (Lipinski definition) is 0. The normalized spacial score (nSPS) is 10.2. The number of carbonyl (C=O) groups excluding carboxylic acids is 1. The summed E-state index contributed by atoms with van der Waals surface area (Å²) >= 11 is 0. The van der Waals surface area contributed by atoms with E-state index in [1.54, 1.807) is 23.0 Å². The Labute approximate surface area is 97.2 Å². The zero-order chi connectivity index (χ0) is 12.0. The van der Waals surface area contributed by atoms with Crippen molar-refractivity contribution in [1.82, 2.24) is 9.78 Å². The smallest absolute Gasteiger partial charge is 0.203 e. The van der Waals surface area contributed by atoms with E-state index in [1.807, 2.05) is 0 Å². The minimum Gasteiger partial charge on any atom is -0.288 e. The van der Waals surface area contributed by atoms with Gasteiger partial charge in [0, 0.05) is 12.7 Å². The van der Waals surface area contributed by atoms with Crippen LogP contribution in [-0.2, 0) is 6.54 Å². The molecule has 0 aliphatic carbocycles. The van der Waals surface area contributed by atoms with E-state index in [0.29, 0.717) is 5.69 Å². The number of ketones is 1. The lowest BCUT2D eigenvalue weighted by Gasteiger charge is -2.04. The second kappa shape index (κ2) is 6.26. The molecule has 0 bridgehead atoms. The first-order chi connectivity index (χ1) is 7.72. The fourth-order valence-electron chi connectivity index (χ4n) is 1.65. The standard InChI is InChI=1S/C13H20N2O/c1-4-9-15-12(7-8-14-15)13(16)10-11(5-2)6-3/h7-8,10H,4-6,9H2,1-3H3. The van der Waals surface area contributed by atoms with E-state index in [9.17, 15) is 4.79 Å². The molecule has 3 nitrogen and oxygen atoms in total. The van der Waals surface area contributed by atoms with Crippen LogP contribution in [0.4, 0.5) is 0 Å². The predicted octanol–water partition coefficient (Wildman–Crippen LogP) is 3.22. The van der Waals surface area contributed by atoms with Gasteiger partial charge >= 0.3 is 0 Å². The van der Waals surface area contributed by atoms with Crippen molar-refractivity contribution in [2.45, 2.75) is 46.6 Å². The molecule has 88 valence electrons. The van der Waals surface area contributed by atoms with E-state index >= 15 is 0 Å². The Hall–Kier alpha value is -1.38. The Balaban J connectivity index is 2.87. The number of rotatable bonds is 6. The summed E-state index contributed by atoms with van der Waals surface area (Å²) in [5.74, 6) is 0.0738. The maximum atomic E-state index is 12.0. The molecule has 3 heteroatoms. The summed E-state index contributed by atoms with van der Waals surface area (Å²) in [5, 5.41) is 4.15. The third kappa shape index (κ3) is 3.05. The van der Waals surface area contributed by atoms with Gasteiger partial charge in [-0.3, -0.25) is 9.48 Å². The predicted molar refractivity (Wildman–Crippen MR) is 65.5 cm³/mol. The molecule has 0 saturated heterocycles. The molecule has 1 aromatic rings. The van der Waals surface area contributed by atoms with Gasteiger partial charge in [0.25, 0.3) is 0 Å². The van der Waals surface area contributed by atoms with Crippen LogP contribution in [0.3, 0.4) is 0 Å². The van der Waals surface area contributed by atoms with Crippen molar-refractivity contribution < 1.29 is 4.79 Å². The Morgan fingerprint density at radius 1 is 1.38 bits per heavy atom. The van der Waals surface area contributed by atoms with Crippen molar-refractivity contribution in [1.29, 1.82) is 0 Å². The average Bonchev–Trinajstić information content (AvgIpc) is 2.74. The topological polar surface area (TPSA) is 34.9 Å². The van der Waals surface area contributed by atoms with Gasteiger partial charge in [0.1, 0.15) is 5.69 Å². The first-order valence-corrected chi connectivity index (χ1v) is 5.98. The van der Waals surface area contributed by atoms with Crippen molar-refractivity contribution in [2.75, 3.05) is 0 Å². The van der Waals surface area contributed by atoms with Crippen molar-refractivity contribution in [3.8, 4) is 0 Å². The highest BCUT2D eigenvalue weighted by molar-refractivity contribution is 6.03. The molecule has 0 unspecified atom stereocenters. The van der Waals surface area contributed by atoms with Gasteiger partial charge in [-0.2, -0.15) is 5.10 Å². The van der Waals surface area contributed by atoms with E-state index in [0.717, 1.165) is 25.8 Å². The first kappa shape index (κ1) is 12.7. The highest BCUT2D eigenvalue weighted by Gasteiger charge is 2.09. The number of nitrogens with zero attached hydrogens (tertiary/aromatic N) is 2. The monoisotopic (exact) mass is 220 g/mol. The second-order valence-electron chi connectivity index (χ2n) is 3.81. The summed E-state index contributed by atoms with van der Waals surface area (Å²) in [5.41, 5.74) is 1.88. The molecule has 0 aliphatic heterocycles. The van der Waals surface area contributed by atoms with Crippen LogP contribution in [0.2, 0.25) is 0 Å². The molecular formula is C13H20N2O. The van der Waals surface area contributed by atoms with Gasteiger partial charge in [0.15, 0.2) is 0 Å². The maximum absolute atomic E-state index is 12.0. The summed E-state index contributed by atoms with van der Waals surface area (Å²) in [7, 11) is 0. The molecule has 0 aromatic carbocycles. The molecule has 0 saturated carbocycles. The van der Waals surface area contributed by atoms with Crippen molar-refractivity contribution >= 4 is 5.78 Å². The summed E-state index contributed by atoms with van der Waals surface area (Å²) < 4.78 is 1.78. The van der Waals surface area contributed by atoms with Crippen LogP contribution in [0.15, 0.2) is 23.9 Å². The third-order valence-electron chi connectivity index (χ3n) is 2.65. The highest BCUT2D eigenvalue weighted by atomic mass is 16.1. The van der Waals surface area contributed by atoms with E-state index in [-0.39, 0.29) is 5.78 Å². The minimum atomic E-state index is 0.0738. The number of aryl methyl sites for hydroxylation is 1. The first-order valence-electron chi connectivity index (χ1n) is 5.98. The lowest BCUT2D eigenvalue weighted by Crippen LogP contribution is -2.09. The highest BCUT2D eigenvalue weighted by Crippen LogP contribution is 2.09. The molecule has 0 N–H and O–H groups in total. The average molecular weight is 220 g/mol. The van der Waals surface area contributed by atoms with Crippen LogP contribution in [-0.4, -0.2) is 15.6 Å². The van der Waals surface area contributed by atoms with Crippen molar-refractivity contribution in [3.05, 3.63) is 29.6 Å². The number of allylic oxidation sites excluding steroid dienone is 2. The Morgan fingerprint density at radius 2 is 2.06 bits per heavy atom. The molecule has 0 atom stereocenters. The Kier molecular flexibility index (Phi) is 4.96. The zero-order valence-corrected chi connectivity index (χ0v) is 10.4. The summed E-state index contributed by atoms with van der Waals surface area (Å²) in [6, 6.07) is 1.79. The second-order valence-corrected chi connectivity index (χ2v) is 3.81. The number of carbonyl (C=O) groups is 1. The molecule has 0 amide bonds. The molecule has 0 radical (unpaired) electrons. The number of hydrogen-bond acceptors (Lipinski definition) is 2. The quantitative estimate of drug-likeness (QED) is 0.545. The van der Waals surface area contributed by atoms with Crippen LogP contribution < -0.4 is 0 Å². The molecule has 1 aromatic heterocycles. The fraction of sp³-hybridized carbons (Fsp3) is 0.538. The van der Waals surface area contributed by atoms with Gasteiger partial charge in [-0.05, 0) is 31.4 Å². The Bertz CT molecular complexity index is 371. The fourth-order valence-corrected chi connectivity index (χ4v) is 1.65. The zero-order valence-electron chi connectivity index (χ0n) is 10.4. The maximum Gasteiger partial charge on any atom is 0.203 e. The summed E-state index contributed by atoms with van der Waals surface area (Å²) in [4.78, 5) is 12.0. The summed E-state index contributed by atoms with van der Waals surface area (Å²) in [6.07, 6.45) is 6.30. The lowest BCUT2D eigenvalue weighted by atomic mass is 10.1. The van der Waals surface area contributed by atoms with E-state index in [2.05, 4.69) is 25.9 Å². The van der Waals surface area contributed by atoms with Gasteiger partial charge in [-0.1, -0.05) is 26.3 Å². The van der Waals surface area contributed by atoms with E-state index in [1.165, 1.54) is 5.57 Å². The van der Waals surface area contributed by atoms with Crippen LogP contribution in [0.1, 0.15) is 50.5 Å². The van der Waals surface area contributed by atoms with E-state index < -0.39 is 0 Å². The Morgan fingerprint density at radius 3 is 2.62 bits per heavy atom. The van der Waals surface area contributed by atoms with Crippen LogP contribution in [0, 0.1) is 0 Å². The van der Waals surface area contributed by atoms with Gasteiger partial charge in [-0.25, -0.2) is 0 Å². The molecule has 1 rings (SSSR count). The molecule has 0 aliphatic rings. The van der Waals surface area contributed by atoms with Crippen LogP contribution in [0.25, 0.3) is 0 Å². The van der Waals surface area contributed by atoms with Gasteiger partial charge < -0.3 is 0 Å². The third-order valence-corrected chi connectivity index (χ3v) is 2.65. The van der Waals surface area contributed by atoms with Crippen molar-refractivity contribution in [3.63, 3.8) is 0 Å². The molecule has 16 heavy (non-hydrogen) atoms. The number of aromatic nitrogens is 2. The SMILES string of the molecule is CCCn1nccc1C(=O)C=C(CC)CC. The molecule has 0 spiro atoms.